The van der Waals surface area contributed by atoms with E-state index in [0.717, 1.165) is 30.8 Å². The first-order chi connectivity index (χ1) is 12.7. The van der Waals surface area contributed by atoms with Crippen molar-refractivity contribution < 1.29 is 0 Å². The molecule has 0 aliphatic carbocycles. The van der Waals surface area contributed by atoms with Crippen molar-refractivity contribution in [3.63, 3.8) is 0 Å². The summed E-state index contributed by atoms with van der Waals surface area (Å²) in [4.78, 5) is 0. The average Bonchev–Trinajstić information content (AvgIpc) is 3.22. The van der Waals surface area contributed by atoms with Crippen molar-refractivity contribution in [2.24, 2.45) is 0 Å². The van der Waals surface area contributed by atoms with E-state index in [1.807, 2.05) is 21.1 Å². The summed E-state index contributed by atoms with van der Waals surface area (Å²) in [6, 6.07) is 0. The number of hydrogen-bond donors (Lipinski definition) is 0. The van der Waals surface area contributed by atoms with E-state index in [1.165, 1.54) is 0 Å². The number of aromatic nitrogens is 6. The second kappa shape index (κ2) is 7.81. The Balaban J connectivity index is 2.08. The van der Waals surface area contributed by atoms with Crippen molar-refractivity contribution in [1.29, 1.82) is 0 Å². The number of rotatable bonds is 7. The normalized spacial score (nSPS) is 15.6. The van der Waals surface area contributed by atoms with Crippen molar-refractivity contribution in [3.8, 4) is 0 Å². The molecule has 6 nitrogen and oxygen atoms in total. The van der Waals surface area contributed by atoms with Crippen LogP contribution >= 0.6 is 11.8 Å². The molecule has 7 heteroatoms. The van der Waals surface area contributed by atoms with Crippen LogP contribution in [0.15, 0.2) is 12.4 Å². The zero-order chi connectivity index (χ0) is 21.4. The van der Waals surface area contributed by atoms with E-state index >= 15 is 0 Å². The molecule has 0 amide bonds. The first-order valence-corrected chi connectivity index (χ1v) is 11.3. The van der Waals surface area contributed by atoms with Gasteiger partial charge in [0.25, 0.3) is 0 Å². The van der Waals surface area contributed by atoms with Crippen LogP contribution in [-0.4, -0.2) is 41.0 Å². The van der Waals surface area contributed by atoms with E-state index in [-0.39, 0.29) is 21.1 Å². The first kappa shape index (κ1) is 22.9. The van der Waals surface area contributed by atoms with Crippen LogP contribution in [0.4, 0.5) is 0 Å². The highest BCUT2D eigenvalue weighted by molar-refractivity contribution is 7.99. The highest BCUT2D eigenvalue weighted by atomic mass is 32.2. The Morgan fingerprint density at radius 2 is 1.43 bits per heavy atom. The fourth-order valence-electron chi connectivity index (χ4n) is 2.91. The quantitative estimate of drug-likeness (QED) is 0.661. The van der Waals surface area contributed by atoms with E-state index in [9.17, 15) is 0 Å². The van der Waals surface area contributed by atoms with Crippen LogP contribution in [0.25, 0.3) is 0 Å². The minimum Gasteiger partial charge on any atom is -0.251 e. The van der Waals surface area contributed by atoms with Crippen LogP contribution in [0.1, 0.15) is 86.5 Å². The molecule has 0 saturated heterocycles. The monoisotopic (exact) mass is 406 g/mol. The van der Waals surface area contributed by atoms with Gasteiger partial charge in [-0.25, -0.2) is 4.68 Å². The van der Waals surface area contributed by atoms with Crippen LogP contribution in [0.3, 0.4) is 0 Å². The topological polar surface area (TPSA) is 61.4 Å². The molecule has 2 aromatic heterocycles. The molecular weight excluding hydrogens is 368 g/mol. The van der Waals surface area contributed by atoms with Crippen molar-refractivity contribution in [1.82, 2.24) is 30.0 Å². The van der Waals surface area contributed by atoms with Crippen molar-refractivity contribution >= 4 is 11.8 Å². The van der Waals surface area contributed by atoms with Gasteiger partial charge >= 0.3 is 0 Å². The van der Waals surface area contributed by atoms with E-state index in [2.05, 4.69) is 102 Å². The summed E-state index contributed by atoms with van der Waals surface area (Å²) in [5.74, 6) is 0. The van der Waals surface area contributed by atoms with Gasteiger partial charge in [0.15, 0.2) is 0 Å². The van der Waals surface area contributed by atoms with E-state index < -0.39 is 0 Å². The zero-order valence-corrected chi connectivity index (χ0v) is 20.2. The van der Waals surface area contributed by atoms with E-state index in [1.54, 1.807) is 0 Å². The summed E-state index contributed by atoms with van der Waals surface area (Å²) in [6.07, 6.45) is 8.48. The molecule has 158 valence electrons. The Kier molecular flexibility index (Phi) is 6.39. The summed E-state index contributed by atoms with van der Waals surface area (Å²) in [5, 5.41) is 17.6. The van der Waals surface area contributed by atoms with Gasteiger partial charge in [0.05, 0.1) is 23.5 Å². The third kappa shape index (κ3) is 5.58. The fraction of sp³-hybridized carbons (Fsp3) is 0.810. The molecule has 0 saturated carbocycles. The summed E-state index contributed by atoms with van der Waals surface area (Å²) in [5.41, 5.74) is 2.04. The van der Waals surface area contributed by atoms with Crippen LogP contribution in [0.2, 0.25) is 0 Å². The Hall–Kier alpha value is -1.37. The van der Waals surface area contributed by atoms with Gasteiger partial charge < -0.3 is 0 Å². The maximum Gasteiger partial charge on any atom is 0.0883 e. The van der Waals surface area contributed by atoms with Gasteiger partial charge in [-0.05, 0) is 46.8 Å². The molecule has 28 heavy (non-hydrogen) atoms. The predicted octanol–water partition coefficient (Wildman–Crippen LogP) is 4.80. The summed E-state index contributed by atoms with van der Waals surface area (Å²) in [6.45, 7) is 20.6. The van der Waals surface area contributed by atoms with Gasteiger partial charge in [0.2, 0.25) is 0 Å². The summed E-state index contributed by atoms with van der Waals surface area (Å²) in [7, 11) is 0. The van der Waals surface area contributed by atoms with Gasteiger partial charge in [-0.15, -0.1) is 10.2 Å². The lowest BCUT2D eigenvalue weighted by Crippen LogP contribution is -2.30. The van der Waals surface area contributed by atoms with Crippen LogP contribution < -0.4 is 0 Å². The molecular formula is C21H38N6S. The second-order valence-corrected chi connectivity index (χ2v) is 12.2. The highest BCUT2D eigenvalue weighted by Gasteiger charge is 2.32. The third-order valence-electron chi connectivity index (χ3n) is 5.45. The van der Waals surface area contributed by atoms with Gasteiger partial charge in [-0.1, -0.05) is 45.0 Å². The standard InChI is InChI=1S/C21H38N6S/c1-18(2,3)16-13-26(24-22-16)15-21(9,28-10)12-11-20(7,8)17-14-27(25-23-17)19(4,5)6/h13-14H,11-12,15H2,1-10H3. The van der Waals surface area contributed by atoms with Crippen molar-refractivity contribution in [3.05, 3.63) is 23.8 Å². The second-order valence-electron chi connectivity index (χ2n) is 10.8. The summed E-state index contributed by atoms with van der Waals surface area (Å²) < 4.78 is 4.04. The Morgan fingerprint density at radius 3 is 1.89 bits per heavy atom. The van der Waals surface area contributed by atoms with Crippen LogP contribution in [-0.2, 0) is 22.9 Å². The molecule has 0 aliphatic rings. The largest absolute Gasteiger partial charge is 0.251 e. The van der Waals surface area contributed by atoms with Gasteiger partial charge in [0, 0.05) is 28.0 Å². The van der Waals surface area contributed by atoms with Crippen molar-refractivity contribution in [2.75, 3.05) is 6.26 Å². The number of hydrogen-bond acceptors (Lipinski definition) is 5. The minimum absolute atomic E-state index is 0.0227. The summed E-state index contributed by atoms with van der Waals surface area (Å²) >= 11 is 1.90. The van der Waals surface area contributed by atoms with E-state index in [4.69, 9.17) is 0 Å². The number of nitrogens with zero attached hydrogens (tertiary/aromatic N) is 6. The maximum atomic E-state index is 4.47. The van der Waals surface area contributed by atoms with E-state index in [0.29, 0.717) is 0 Å². The molecule has 0 bridgehead atoms. The molecule has 0 aliphatic heterocycles. The lowest BCUT2D eigenvalue weighted by atomic mass is 9.82. The minimum atomic E-state index is -0.0486. The first-order valence-electron chi connectivity index (χ1n) is 10.1. The smallest absolute Gasteiger partial charge is 0.0883 e. The molecule has 0 spiro atoms. The number of thioether (sulfide) groups is 1. The molecule has 2 heterocycles. The maximum absolute atomic E-state index is 4.47. The van der Waals surface area contributed by atoms with Gasteiger partial charge in [0.1, 0.15) is 0 Å². The Labute approximate surface area is 174 Å². The predicted molar refractivity (Wildman–Crippen MR) is 118 cm³/mol. The third-order valence-corrected chi connectivity index (χ3v) is 6.77. The zero-order valence-electron chi connectivity index (χ0n) is 19.4. The molecule has 1 atom stereocenters. The molecule has 2 rings (SSSR count). The Morgan fingerprint density at radius 1 is 0.821 bits per heavy atom. The molecule has 0 radical (unpaired) electrons. The molecule has 2 aromatic rings. The SMILES string of the molecule is CSC(C)(CCC(C)(C)c1cn(C(C)(C)C)nn1)Cn1cc(C(C)(C)C)nn1. The molecule has 0 N–H and O–H groups in total. The van der Waals surface area contributed by atoms with Gasteiger partial charge in [-0.3, -0.25) is 4.68 Å². The highest BCUT2D eigenvalue weighted by Crippen LogP contribution is 2.36. The lowest BCUT2D eigenvalue weighted by molar-refractivity contribution is 0.346. The molecule has 0 aromatic carbocycles. The average molecular weight is 407 g/mol. The van der Waals surface area contributed by atoms with Crippen molar-refractivity contribution in [2.45, 2.75) is 103 Å². The van der Waals surface area contributed by atoms with Gasteiger partial charge in [-0.2, -0.15) is 11.8 Å². The fourth-order valence-corrected chi connectivity index (χ4v) is 3.48. The molecule has 1 unspecified atom stereocenters. The Bertz CT molecular complexity index is 777. The van der Waals surface area contributed by atoms with Crippen LogP contribution in [0, 0.1) is 0 Å². The van der Waals surface area contributed by atoms with Crippen LogP contribution in [0.5, 0.6) is 0 Å². The molecule has 0 fully saturated rings. The lowest BCUT2D eigenvalue weighted by Gasteiger charge is -2.31.